The summed E-state index contributed by atoms with van der Waals surface area (Å²) in [6, 6.07) is 19.1. The zero-order valence-corrected chi connectivity index (χ0v) is 22.5. The lowest BCUT2D eigenvalue weighted by molar-refractivity contribution is -0.134. The maximum Gasteiger partial charge on any atom is 0.255 e. The fourth-order valence-corrected chi connectivity index (χ4v) is 6.91. The zero-order valence-electron chi connectivity index (χ0n) is 21.7. The number of rotatable bonds is 6. The van der Waals surface area contributed by atoms with Crippen molar-refractivity contribution >= 4 is 38.3 Å². The maximum absolute atomic E-state index is 13.5. The van der Waals surface area contributed by atoms with E-state index in [1.165, 1.54) is 0 Å². The smallest absolute Gasteiger partial charge is 0.255 e. The molecule has 2 saturated heterocycles. The van der Waals surface area contributed by atoms with Crippen LogP contribution < -0.4 is 15.4 Å². The third kappa shape index (κ3) is 5.66. The fourth-order valence-electron chi connectivity index (χ4n) is 5.38. The molecule has 3 aromatic carbocycles. The molecule has 0 bridgehead atoms. The summed E-state index contributed by atoms with van der Waals surface area (Å²) in [5.74, 6) is -0.437. The van der Waals surface area contributed by atoms with Crippen LogP contribution in [0.15, 0.2) is 65.6 Å². The van der Waals surface area contributed by atoms with Crippen molar-refractivity contribution in [3.05, 3.63) is 71.8 Å². The third-order valence-electron chi connectivity index (χ3n) is 7.55. The van der Waals surface area contributed by atoms with Crippen molar-refractivity contribution in [1.29, 1.82) is 5.26 Å². The van der Waals surface area contributed by atoms with E-state index in [9.17, 15) is 18.0 Å². The Bertz CT molecular complexity index is 1560. The van der Waals surface area contributed by atoms with Gasteiger partial charge in [0.1, 0.15) is 0 Å². The molecule has 0 aromatic heterocycles. The van der Waals surface area contributed by atoms with Crippen LogP contribution in [0.4, 0.5) is 5.69 Å². The van der Waals surface area contributed by atoms with Gasteiger partial charge < -0.3 is 15.5 Å². The molecule has 39 heavy (non-hydrogen) atoms. The highest BCUT2D eigenvalue weighted by Gasteiger charge is 2.34. The van der Waals surface area contributed by atoms with Gasteiger partial charge in [-0.05, 0) is 49.9 Å². The highest BCUT2D eigenvalue weighted by Crippen LogP contribution is 2.30. The quantitative estimate of drug-likeness (QED) is 0.436. The number of amides is 2. The molecule has 2 atom stereocenters. The van der Waals surface area contributed by atoms with Crippen LogP contribution in [0, 0.1) is 24.2 Å². The zero-order chi connectivity index (χ0) is 27.6. The summed E-state index contributed by atoms with van der Waals surface area (Å²) in [6.45, 7) is 3.29. The molecule has 3 aromatic rings. The molecule has 9 nitrogen and oxygen atoms in total. The van der Waals surface area contributed by atoms with Gasteiger partial charge in [0, 0.05) is 47.7 Å². The SMILES string of the molecule is Cc1ccccc1C(=O)Nc1cccc2c(S(=O)(=O)NC3CCN(C(=O)[C@@H]4C[C@@H](C#N)CN4)CC3)cccc12. The van der Waals surface area contributed by atoms with Gasteiger partial charge in [-0.25, -0.2) is 13.1 Å². The number of nitriles is 1. The predicted molar refractivity (Wildman–Crippen MR) is 149 cm³/mol. The minimum atomic E-state index is -3.87. The van der Waals surface area contributed by atoms with E-state index in [1.54, 1.807) is 53.4 Å². The first-order valence-electron chi connectivity index (χ1n) is 13.1. The largest absolute Gasteiger partial charge is 0.341 e. The summed E-state index contributed by atoms with van der Waals surface area (Å²) in [4.78, 5) is 27.6. The molecule has 2 fully saturated rings. The maximum atomic E-state index is 13.5. The van der Waals surface area contributed by atoms with Gasteiger partial charge in [0.05, 0.1) is 22.9 Å². The van der Waals surface area contributed by atoms with Crippen LogP contribution in [0.3, 0.4) is 0 Å². The van der Waals surface area contributed by atoms with E-state index in [-0.39, 0.29) is 34.7 Å². The Kier molecular flexibility index (Phi) is 7.66. The molecule has 0 aliphatic carbocycles. The number of hydrogen-bond acceptors (Lipinski definition) is 6. The number of carbonyl (C=O) groups is 2. The lowest BCUT2D eigenvalue weighted by Crippen LogP contribution is -2.50. The van der Waals surface area contributed by atoms with E-state index in [0.717, 1.165) is 5.56 Å². The number of likely N-dealkylation sites (tertiary alicyclic amines) is 1. The van der Waals surface area contributed by atoms with Crippen LogP contribution in [-0.4, -0.2) is 56.9 Å². The van der Waals surface area contributed by atoms with Crippen molar-refractivity contribution in [3.63, 3.8) is 0 Å². The van der Waals surface area contributed by atoms with Crippen LogP contribution in [0.25, 0.3) is 10.8 Å². The fraction of sp³-hybridized carbons (Fsp3) is 0.345. The van der Waals surface area contributed by atoms with Gasteiger partial charge in [0.25, 0.3) is 5.91 Å². The van der Waals surface area contributed by atoms with Crippen molar-refractivity contribution in [2.45, 2.75) is 43.2 Å². The monoisotopic (exact) mass is 545 g/mol. The van der Waals surface area contributed by atoms with Crippen LogP contribution in [0.2, 0.25) is 0 Å². The molecule has 0 spiro atoms. The van der Waals surface area contributed by atoms with Crippen LogP contribution in [0.1, 0.15) is 35.2 Å². The van der Waals surface area contributed by atoms with E-state index >= 15 is 0 Å². The number of benzene rings is 3. The van der Waals surface area contributed by atoms with Gasteiger partial charge in [-0.15, -0.1) is 0 Å². The number of nitrogens with zero attached hydrogens (tertiary/aromatic N) is 2. The number of sulfonamides is 1. The predicted octanol–water partition coefficient (Wildman–Crippen LogP) is 3.17. The number of carbonyl (C=O) groups excluding carboxylic acids is 2. The van der Waals surface area contributed by atoms with Crippen molar-refractivity contribution in [1.82, 2.24) is 14.9 Å². The van der Waals surface area contributed by atoms with Crippen molar-refractivity contribution in [2.75, 3.05) is 25.0 Å². The molecule has 0 unspecified atom stereocenters. The van der Waals surface area contributed by atoms with Crippen LogP contribution in [0.5, 0.6) is 0 Å². The number of fused-ring (bicyclic) bond motifs is 1. The minimum Gasteiger partial charge on any atom is -0.341 e. The Hall–Kier alpha value is -3.78. The molecule has 0 saturated carbocycles. The number of nitrogens with one attached hydrogen (secondary N) is 3. The van der Waals surface area contributed by atoms with E-state index in [2.05, 4.69) is 21.4 Å². The van der Waals surface area contributed by atoms with Crippen molar-refractivity contribution < 1.29 is 18.0 Å². The van der Waals surface area contributed by atoms with Gasteiger partial charge in [0.15, 0.2) is 0 Å². The van der Waals surface area contributed by atoms with E-state index < -0.39 is 10.0 Å². The highest BCUT2D eigenvalue weighted by atomic mass is 32.2. The highest BCUT2D eigenvalue weighted by molar-refractivity contribution is 7.89. The Morgan fingerprint density at radius 3 is 2.44 bits per heavy atom. The minimum absolute atomic E-state index is 0.0246. The first-order chi connectivity index (χ1) is 18.8. The second-order valence-electron chi connectivity index (χ2n) is 10.2. The molecule has 2 amide bonds. The number of hydrogen-bond donors (Lipinski definition) is 3. The summed E-state index contributed by atoms with van der Waals surface area (Å²) in [5, 5.41) is 16.3. The number of anilines is 1. The summed E-state index contributed by atoms with van der Waals surface area (Å²) < 4.78 is 29.8. The van der Waals surface area contributed by atoms with Gasteiger partial charge in [-0.1, -0.05) is 42.5 Å². The normalized spacial score (nSPS) is 20.1. The third-order valence-corrected chi connectivity index (χ3v) is 9.13. The first-order valence-corrected chi connectivity index (χ1v) is 14.6. The van der Waals surface area contributed by atoms with Gasteiger partial charge >= 0.3 is 0 Å². The Morgan fingerprint density at radius 1 is 1.00 bits per heavy atom. The average Bonchev–Trinajstić information content (AvgIpc) is 3.42. The molecule has 2 aliphatic heterocycles. The summed E-state index contributed by atoms with van der Waals surface area (Å²) >= 11 is 0. The summed E-state index contributed by atoms with van der Waals surface area (Å²) in [7, 11) is -3.87. The molecule has 5 rings (SSSR count). The standard InChI is InChI=1S/C29H31N5O4S/c1-19-6-2-3-7-22(19)28(35)32-25-10-4-9-24-23(25)8-5-11-27(24)39(37,38)33-21-12-14-34(15-13-21)29(36)26-16-20(17-30)18-31-26/h2-11,20-21,26,31,33H,12-16,18H2,1H3,(H,32,35)/t20-,26-/m0/s1. The number of aryl methyl sites for hydroxylation is 1. The molecule has 202 valence electrons. The van der Waals surface area contributed by atoms with Crippen molar-refractivity contribution in [3.8, 4) is 6.07 Å². The first kappa shape index (κ1) is 26.8. The van der Waals surface area contributed by atoms with E-state index in [0.29, 0.717) is 60.9 Å². The molecule has 0 radical (unpaired) electrons. The van der Waals surface area contributed by atoms with Crippen molar-refractivity contribution in [2.24, 2.45) is 5.92 Å². The Labute approximate surface area is 228 Å². The molecule has 2 heterocycles. The average molecular weight is 546 g/mol. The summed E-state index contributed by atoms with van der Waals surface area (Å²) in [6.07, 6.45) is 1.51. The lowest BCUT2D eigenvalue weighted by Gasteiger charge is -2.33. The second-order valence-corrected chi connectivity index (χ2v) is 11.9. The lowest BCUT2D eigenvalue weighted by atomic mass is 10.0. The van der Waals surface area contributed by atoms with Gasteiger partial charge in [-0.3, -0.25) is 9.59 Å². The van der Waals surface area contributed by atoms with E-state index in [1.807, 2.05) is 19.1 Å². The molecule has 3 N–H and O–H groups in total. The second kappa shape index (κ2) is 11.1. The number of piperidine rings is 1. The van der Waals surface area contributed by atoms with Crippen LogP contribution in [-0.2, 0) is 14.8 Å². The van der Waals surface area contributed by atoms with Gasteiger partial charge in [-0.2, -0.15) is 5.26 Å². The van der Waals surface area contributed by atoms with Crippen LogP contribution >= 0.6 is 0 Å². The Morgan fingerprint density at radius 2 is 1.72 bits per heavy atom. The summed E-state index contributed by atoms with van der Waals surface area (Å²) in [5.41, 5.74) is 1.93. The van der Waals surface area contributed by atoms with E-state index in [4.69, 9.17) is 5.26 Å². The topological polar surface area (TPSA) is 131 Å². The molecule has 10 heteroatoms. The molecular weight excluding hydrogens is 514 g/mol. The molecular formula is C29H31N5O4S. The Balaban J connectivity index is 1.28. The van der Waals surface area contributed by atoms with Gasteiger partial charge in [0.2, 0.25) is 15.9 Å². The molecule has 2 aliphatic rings.